The van der Waals surface area contributed by atoms with E-state index in [1.807, 2.05) is 6.07 Å². The predicted molar refractivity (Wildman–Crippen MR) is 107 cm³/mol. The molecule has 2 atom stereocenters. The minimum atomic E-state index is 0.249. The lowest BCUT2D eigenvalue weighted by Gasteiger charge is -2.36. The molecule has 3 heterocycles. The van der Waals surface area contributed by atoms with Crippen molar-refractivity contribution in [3.05, 3.63) is 17.7 Å². The molecular formula is C21H33N3O4. The SMILES string of the molecule is CCN1CCN(C[C@@H]2CN(Cc3cc(OC)c4c(c3)OCO4)C[C@@H]2CO)CC1. The normalized spacial score (nSPS) is 26.1. The zero-order valence-electron chi connectivity index (χ0n) is 17.1. The molecule has 0 aliphatic carbocycles. The Bertz CT molecular complexity index is 663. The Hall–Kier alpha value is -1.54. The highest BCUT2D eigenvalue weighted by Gasteiger charge is 2.34. The van der Waals surface area contributed by atoms with Gasteiger partial charge in [-0.3, -0.25) is 4.90 Å². The molecule has 3 aliphatic heterocycles. The average Bonchev–Trinajstić information content (AvgIpc) is 3.34. The number of rotatable bonds is 7. The molecule has 0 spiro atoms. The summed E-state index contributed by atoms with van der Waals surface area (Å²) in [4.78, 5) is 7.53. The van der Waals surface area contributed by atoms with Crippen LogP contribution >= 0.6 is 0 Å². The molecule has 3 aliphatic rings. The molecule has 2 fully saturated rings. The molecule has 1 N–H and O–H groups in total. The number of fused-ring (bicyclic) bond motifs is 1. The van der Waals surface area contributed by atoms with Crippen LogP contribution in [0.1, 0.15) is 12.5 Å². The van der Waals surface area contributed by atoms with Crippen LogP contribution in [0.4, 0.5) is 0 Å². The maximum atomic E-state index is 9.93. The van der Waals surface area contributed by atoms with Crippen molar-refractivity contribution in [2.24, 2.45) is 11.8 Å². The molecule has 0 unspecified atom stereocenters. The first-order chi connectivity index (χ1) is 13.7. The van der Waals surface area contributed by atoms with Gasteiger partial charge in [0.25, 0.3) is 0 Å². The molecule has 0 saturated carbocycles. The quantitative estimate of drug-likeness (QED) is 0.747. The molecule has 28 heavy (non-hydrogen) atoms. The summed E-state index contributed by atoms with van der Waals surface area (Å²) in [6, 6.07) is 4.09. The van der Waals surface area contributed by atoms with E-state index in [0.29, 0.717) is 17.6 Å². The number of aliphatic hydroxyl groups excluding tert-OH is 1. The second kappa shape index (κ2) is 8.86. The van der Waals surface area contributed by atoms with Gasteiger partial charge in [-0.05, 0) is 36.1 Å². The van der Waals surface area contributed by atoms with Crippen LogP contribution in [0.2, 0.25) is 0 Å². The largest absolute Gasteiger partial charge is 0.493 e. The van der Waals surface area contributed by atoms with Gasteiger partial charge >= 0.3 is 0 Å². The number of piperazine rings is 1. The first-order valence-corrected chi connectivity index (χ1v) is 10.4. The minimum Gasteiger partial charge on any atom is -0.493 e. The van der Waals surface area contributed by atoms with Crippen molar-refractivity contribution in [1.29, 1.82) is 0 Å². The topological polar surface area (TPSA) is 57.6 Å². The highest BCUT2D eigenvalue weighted by atomic mass is 16.7. The Morgan fingerprint density at radius 2 is 1.79 bits per heavy atom. The van der Waals surface area contributed by atoms with Gasteiger partial charge in [0.05, 0.1) is 7.11 Å². The first kappa shape index (κ1) is 19.8. The molecule has 156 valence electrons. The highest BCUT2D eigenvalue weighted by molar-refractivity contribution is 5.55. The summed E-state index contributed by atoms with van der Waals surface area (Å²) in [7, 11) is 1.66. The summed E-state index contributed by atoms with van der Waals surface area (Å²) in [6.45, 7) is 12.4. The zero-order valence-corrected chi connectivity index (χ0v) is 17.1. The number of hydrogen-bond donors (Lipinski definition) is 1. The van der Waals surface area contributed by atoms with E-state index in [9.17, 15) is 5.11 Å². The summed E-state index contributed by atoms with van der Waals surface area (Å²) >= 11 is 0. The van der Waals surface area contributed by atoms with Crippen molar-refractivity contribution < 1.29 is 19.3 Å². The Kier molecular flexibility index (Phi) is 6.25. The fourth-order valence-corrected chi connectivity index (χ4v) is 4.73. The van der Waals surface area contributed by atoms with Gasteiger partial charge in [-0.25, -0.2) is 0 Å². The van der Waals surface area contributed by atoms with Crippen molar-refractivity contribution in [3.8, 4) is 17.2 Å². The molecule has 4 rings (SSSR count). The first-order valence-electron chi connectivity index (χ1n) is 10.4. The maximum Gasteiger partial charge on any atom is 0.231 e. The fraction of sp³-hybridized carbons (Fsp3) is 0.714. The summed E-state index contributed by atoms with van der Waals surface area (Å²) in [6.07, 6.45) is 0. The number of likely N-dealkylation sites (tertiary alicyclic amines) is 1. The van der Waals surface area contributed by atoms with E-state index in [0.717, 1.165) is 76.0 Å². The molecule has 0 bridgehead atoms. The number of aliphatic hydroxyl groups is 1. The van der Waals surface area contributed by atoms with Crippen molar-refractivity contribution in [2.45, 2.75) is 13.5 Å². The number of ether oxygens (including phenoxy) is 3. The third-order valence-corrected chi connectivity index (χ3v) is 6.42. The van der Waals surface area contributed by atoms with E-state index >= 15 is 0 Å². The van der Waals surface area contributed by atoms with Gasteiger partial charge in [-0.1, -0.05) is 6.92 Å². The molecule has 0 aromatic heterocycles. The molecule has 7 heteroatoms. The number of methoxy groups -OCH3 is 1. The van der Waals surface area contributed by atoms with E-state index in [1.54, 1.807) is 7.11 Å². The molecule has 2 saturated heterocycles. The average molecular weight is 392 g/mol. The van der Waals surface area contributed by atoms with Crippen LogP contribution < -0.4 is 14.2 Å². The van der Waals surface area contributed by atoms with Crippen LogP contribution in [0.3, 0.4) is 0 Å². The van der Waals surface area contributed by atoms with Crippen molar-refractivity contribution in [1.82, 2.24) is 14.7 Å². The second-order valence-electron chi connectivity index (χ2n) is 8.16. The summed E-state index contributed by atoms with van der Waals surface area (Å²) in [5.41, 5.74) is 1.16. The summed E-state index contributed by atoms with van der Waals surface area (Å²) in [5, 5.41) is 9.93. The third-order valence-electron chi connectivity index (χ3n) is 6.42. The molecule has 1 aromatic rings. The van der Waals surface area contributed by atoms with Crippen LogP contribution in [0, 0.1) is 11.8 Å². The predicted octanol–water partition coefficient (Wildman–Crippen LogP) is 1.10. The third kappa shape index (κ3) is 4.22. The van der Waals surface area contributed by atoms with E-state index in [-0.39, 0.29) is 13.4 Å². The van der Waals surface area contributed by atoms with Crippen LogP contribution in [-0.4, -0.2) is 92.7 Å². The van der Waals surface area contributed by atoms with E-state index in [4.69, 9.17) is 14.2 Å². The van der Waals surface area contributed by atoms with Crippen molar-refractivity contribution >= 4 is 0 Å². The minimum absolute atomic E-state index is 0.249. The zero-order chi connectivity index (χ0) is 19.5. The summed E-state index contributed by atoms with van der Waals surface area (Å²) < 4.78 is 16.5. The van der Waals surface area contributed by atoms with Crippen molar-refractivity contribution in [2.75, 3.05) is 72.9 Å². The van der Waals surface area contributed by atoms with Crippen molar-refractivity contribution in [3.63, 3.8) is 0 Å². The molecule has 7 nitrogen and oxygen atoms in total. The van der Waals surface area contributed by atoms with Crippen LogP contribution in [0.25, 0.3) is 0 Å². The lowest BCUT2D eigenvalue weighted by Crippen LogP contribution is -2.48. The van der Waals surface area contributed by atoms with Gasteiger partial charge in [0.2, 0.25) is 12.5 Å². The summed E-state index contributed by atoms with van der Waals surface area (Å²) in [5.74, 6) is 3.06. The highest BCUT2D eigenvalue weighted by Crippen LogP contribution is 2.42. The monoisotopic (exact) mass is 391 g/mol. The van der Waals surface area contributed by atoms with Crippen LogP contribution in [0.5, 0.6) is 17.2 Å². The maximum absolute atomic E-state index is 9.93. The van der Waals surface area contributed by atoms with E-state index in [2.05, 4.69) is 27.7 Å². The van der Waals surface area contributed by atoms with Gasteiger partial charge in [-0.15, -0.1) is 0 Å². The lowest BCUT2D eigenvalue weighted by molar-refractivity contribution is 0.106. The van der Waals surface area contributed by atoms with Gasteiger partial charge < -0.3 is 29.1 Å². The van der Waals surface area contributed by atoms with Gasteiger partial charge in [0.1, 0.15) is 0 Å². The Morgan fingerprint density at radius 3 is 2.50 bits per heavy atom. The fourth-order valence-electron chi connectivity index (χ4n) is 4.73. The number of hydrogen-bond acceptors (Lipinski definition) is 7. The Labute approximate surface area is 167 Å². The van der Waals surface area contributed by atoms with Crippen LogP contribution in [0.15, 0.2) is 12.1 Å². The van der Waals surface area contributed by atoms with Gasteiger partial charge in [0, 0.05) is 59.0 Å². The second-order valence-corrected chi connectivity index (χ2v) is 8.16. The van der Waals surface area contributed by atoms with Gasteiger partial charge in [0.15, 0.2) is 11.5 Å². The molecule has 1 aromatic carbocycles. The Morgan fingerprint density at radius 1 is 1.04 bits per heavy atom. The standard InChI is InChI=1S/C21H33N3O4/c1-3-22-4-6-23(7-5-22)11-17-12-24(13-18(17)14-25)10-16-8-19(26-2)21-20(9-16)27-15-28-21/h8-9,17-18,25H,3-7,10-15H2,1-2H3/t17-,18-/m1/s1. The van der Waals surface area contributed by atoms with E-state index < -0.39 is 0 Å². The number of likely N-dealkylation sites (N-methyl/N-ethyl adjacent to an activating group) is 1. The molecule has 0 amide bonds. The number of nitrogens with zero attached hydrogens (tertiary/aromatic N) is 3. The van der Waals surface area contributed by atoms with Gasteiger partial charge in [-0.2, -0.15) is 0 Å². The lowest BCUT2D eigenvalue weighted by atomic mass is 9.96. The smallest absolute Gasteiger partial charge is 0.231 e. The molecular weight excluding hydrogens is 358 g/mol. The number of benzene rings is 1. The Balaban J connectivity index is 1.36. The molecule has 0 radical (unpaired) electrons. The van der Waals surface area contributed by atoms with Crippen LogP contribution in [-0.2, 0) is 6.54 Å². The van der Waals surface area contributed by atoms with E-state index in [1.165, 1.54) is 0 Å².